The number of amides is 1. The highest BCUT2D eigenvalue weighted by Gasteiger charge is 2.31. The summed E-state index contributed by atoms with van der Waals surface area (Å²) in [6.45, 7) is 1.04. The summed E-state index contributed by atoms with van der Waals surface area (Å²) < 4.78 is 66.7. The van der Waals surface area contributed by atoms with E-state index in [0.717, 1.165) is 19.1 Å². The molecule has 1 saturated heterocycles. The second kappa shape index (κ2) is 10.4. The van der Waals surface area contributed by atoms with E-state index in [2.05, 4.69) is 10.3 Å². The maximum atomic E-state index is 14.3. The van der Waals surface area contributed by atoms with Gasteiger partial charge in [0.15, 0.2) is 11.4 Å². The first kappa shape index (κ1) is 27.7. The van der Waals surface area contributed by atoms with E-state index < -0.39 is 27.6 Å². The van der Waals surface area contributed by atoms with Gasteiger partial charge in [-0.3, -0.25) is 9.10 Å². The summed E-state index contributed by atoms with van der Waals surface area (Å²) in [5.41, 5.74) is 2.66. The van der Waals surface area contributed by atoms with Crippen molar-refractivity contribution in [2.45, 2.75) is 18.8 Å². The number of halogens is 2. The number of rotatable bonds is 6. The number of nitrogens with one attached hydrogen (secondary N) is 1. The van der Waals surface area contributed by atoms with Crippen molar-refractivity contribution >= 4 is 49.7 Å². The number of oxazole rings is 1. The lowest BCUT2D eigenvalue weighted by Crippen LogP contribution is -2.35. The Morgan fingerprint density at radius 2 is 1.86 bits per heavy atom. The van der Waals surface area contributed by atoms with Crippen LogP contribution in [-0.2, 0) is 10.0 Å². The molecule has 6 rings (SSSR count). The number of carbonyl (C=O) groups excluding carboxylic acids is 1. The van der Waals surface area contributed by atoms with Crippen molar-refractivity contribution in [1.82, 2.24) is 10.3 Å². The lowest BCUT2D eigenvalue weighted by Gasteiger charge is -2.34. The number of fused-ring (bicyclic) bond motifs is 2. The average Bonchev–Trinajstić information content (AvgIpc) is 3.58. The Morgan fingerprint density at radius 1 is 1.10 bits per heavy atom. The van der Waals surface area contributed by atoms with Gasteiger partial charge < -0.3 is 19.1 Å². The summed E-state index contributed by atoms with van der Waals surface area (Å²) in [5, 5.41) is 3.14. The summed E-state index contributed by atoms with van der Waals surface area (Å²) in [6, 6.07) is 13.8. The fourth-order valence-electron chi connectivity index (χ4n) is 5.53. The van der Waals surface area contributed by atoms with E-state index in [1.54, 1.807) is 24.3 Å². The fraction of sp³-hybridized carbons (Fsp3) is 0.267. The largest absolute Gasteiger partial charge is 0.455 e. The van der Waals surface area contributed by atoms with Crippen molar-refractivity contribution in [2.75, 3.05) is 42.6 Å². The van der Waals surface area contributed by atoms with Gasteiger partial charge in [0.2, 0.25) is 10.0 Å². The van der Waals surface area contributed by atoms with Crippen LogP contribution >= 0.6 is 0 Å². The van der Waals surface area contributed by atoms with Gasteiger partial charge in [-0.25, -0.2) is 17.2 Å². The van der Waals surface area contributed by atoms with Crippen LogP contribution in [-0.4, -0.2) is 52.7 Å². The smallest absolute Gasteiger partial charge is 0.298 e. The number of furan rings is 1. The van der Waals surface area contributed by atoms with Crippen LogP contribution in [0.3, 0.4) is 0 Å². The SMILES string of the molecule is CNC(=O)c1c(-c2ccc(F)cc2)oc2cc(N(C)S(C)(=O)=O)c(C3CCCN(c4nc5c(F)cccc5o4)C3)cc12. The molecule has 42 heavy (non-hydrogen) atoms. The van der Waals surface area contributed by atoms with E-state index in [1.165, 1.54) is 48.7 Å². The molecular weight excluding hydrogens is 566 g/mol. The number of anilines is 2. The van der Waals surface area contributed by atoms with E-state index in [0.29, 0.717) is 46.5 Å². The number of carbonyl (C=O) groups is 1. The van der Waals surface area contributed by atoms with Gasteiger partial charge in [0.1, 0.15) is 22.7 Å². The minimum absolute atomic E-state index is 0.149. The van der Waals surface area contributed by atoms with Crippen LogP contribution in [0.5, 0.6) is 0 Å². The molecule has 1 aliphatic heterocycles. The second-order valence-corrected chi connectivity index (χ2v) is 12.4. The van der Waals surface area contributed by atoms with Gasteiger partial charge in [-0.05, 0) is 60.9 Å². The molecule has 1 fully saturated rings. The molecule has 1 amide bonds. The maximum Gasteiger partial charge on any atom is 0.298 e. The molecule has 0 radical (unpaired) electrons. The van der Waals surface area contributed by atoms with Crippen LogP contribution in [0, 0.1) is 11.6 Å². The molecule has 0 saturated carbocycles. The molecule has 1 N–H and O–H groups in total. The van der Waals surface area contributed by atoms with E-state index in [9.17, 15) is 22.0 Å². The Labute approximate surface area is 240 Å². The molecule has 218 valence electrons. The van der Waals surface area contributed by atoms with Crippen LogP contribution in [0.25, 0.3) is 33.4 Å². The van der Waals surface area contributed by atoms with E-state index in [-0.39, 0.29) is 28.8 Å². The predicted octanol–water partition coefficient (Wildman–Crippen LogP) is 5.66. The zero-order valence-corrected chi connectivity index (χ0v) is 24.0. The highest BCUT2D eigenvalue weighted by atomic mass is 32.2. The highest BCUT2D eigenvalue weighted by Crippen LogP contribution is 2.42. The molecule has 0 spiro atoms. The van der Waals surface area contributed by atoms with Gasteiger partial charge in [-0.15, -0.1) is 0 Å². The molecule has 9 nitrogen and oxygen atoms in total. The predicted molar refractivity (Wildman–Crippen MR) is 156 cm³/mol. The van der Waals surface area contributed by atoms with Crippen molar-refractivity contribution < 1.29 is 30.8 Å². The zero-order valence-electron chi connectivity index (χ0n) is 23.1. The Kier molecular flexibility index (Phi) is 6.88. The average molecular weight is 595 g/mol. The lowest BCUT2D eigenvalue weighted by atomic mass is 9.88. The zero-order chi connectivity index (χ0) is 29.8. The van der Waals surface area contributed by atoms with E-state index >= 15 is 0 Å². The number of piperidine rings is 1. The molecule has 12 heteroatoms. The summed E-state index contributed by atoms with van der Waals surface area (Å²) in [7, 11) is -0.700. The summed E-state index contributed by atoms with van der Waals surface area (Å²) in [5.74, 6) is -1.25. The Bertz CT molecular complexity index is 1930. The first-order chi connectivity index (χ1) is 20.0. The number of nitrogens with zero attached hydrogens (tertiary/aromatic N) is 3. The number of aromatic nitrogens is 1. The summed E-state index contributed by atoms with van der Waals surface area (Å²) in [4.78, 5) is 19.5. The molecule has 1 atom stereocenters. The van der Waals surface area contributed by atoms with E-state index in [4.69, 9.17) is 8.83 Å². The molecule has 0 bridgehead atoms. The van der Waals surface area contributed by atoms with Gasteiger partial charge in [-0.1, -0.05) is 6.07 Å². The molecule has 5 aromatic rings. The first-order valence-electron chi connectivity index (χ1n) is 13.4. The third kappa shape index (κ3) is 4.85. The molecule has 0 aliphatic carbocycles. The molecule has 3 aromatic carbocycles. The van der Waals surface area contributed by atoms with Crippen LogP contribution < -0.4 is 14.5 Å². The number of hydrogen-bond donors (Lipinski definition) is 1. The van der Waals surface area contributed by atoms with Gasteiger partial charge in [0.05, 0.1) is 17.5 Å². The quantitative estimate of drug-likeness (QED) is 0.270. The number of para-hydroxylation sites is 1. The monoisotopic (exact) mass is 594 g/mol. The first-order valence-corrected chi connectivity index (χ1v) is 15.2. The Balaban J connectivity index is 1.50. The summed E-state index contributed by atoms with van der Waals surface area (Å²) >= 11 is 0. The Morgan fingerprint density at radius 3 is 2.55 bits per heavy atom. The maximum absolute atomic E-state index is 14.3. The fourth-order valence-corrected chi connectivity index (χ4v) is 6.04. The molecule has 3 heterocycles. The van der Waals surface area contributed by atoms with Crippen molar-refractivity contribution in [1.29, 1.82) is 0 Å². The van der Waals surface area contributed by atoms with Crippen LogP contribution in [0.1, 0.15) is 34.7 Å². The molecule has 2 aromatic heterocycles. The van der Waals surface area contributed by atoms with Crippen LogP contribution in [0.2, 0.25) is 0 Å². The van der Waals surface area contributed by atoms with Crippen LogP contribution in [0.15, 0.2) is 63.4 Å². The topological polar surface area (TPSA) is 109 Å². The highest BCUT2D eigenvalue weighted by molar-refractivity contribution is 7.92. The second-order valence-electron chi connectivity index (χ2n) is 10.4. The Hall–Kier alpha value is -4.45. The van der Waals surface area contributed by atoms with Crippen molar-refractivity contribution in [3.8, 4) is 11.3 Å². The number of benzene rings is 3. The number of hydrogen-bond acceptors (Lipinski definition) is 7. The third-order valence-electron chi connectivity index (χ3n) is 7.72. The molecule has 1 unspecified atom stereocenters. The molecular formula is C30H28F2N4O5S. The van der Waals surface area contributed by atoms with Gasteiger partial charge in [0, 0.05) is 50.1 Å². The van der Waals surface area contributed by atoms with E-state index in [1.807, 2.05) is 4.90 Å². The van der Waals surface area contributed by atoms with Crippen molar-refractivity contribution in [3.63, 3.8) is 0 Å². The van der Waals surface area contributed by atoms with Gasteiger partial charge in [-0.2, -0.15) is 4.98 Å². The number of sulfonamides is 1. The van der Waals surface area contributed by atoms with Crippen LogP contribution in [0.4, 0.5) is 20.5 Å². The normalized spacial score (nSPS) is 15.8. The molecule has 1 aliphatic rings. The third-order valence-corrected chi connectivity index (χ3v) is 8.92. The summed E-state index contributed by atoms with van der Waals surface area (Å²) in [6.07, 6.45) is 2.57. The lowest BCUT2D eigenvalue weighted by molar-refractivity contribution is 0.0964. The van der Waals surface area contributed by atoms with Crippen molar-refractivity contribution in [2.24, 2.45) is 0 Å². The van der Waals surface area contributed by atoms with Crippen molar-refractivity contribution in [3.05, 3.63) is 77.4 Å². The minimum Gasteiger partial charge on any atom is -0.455 e. The standard InChI is InChI=1S/C30H28F2N4O5S/c1-33-29(37)26-21-14-20(18-6-5-13-36(16-18)30-34-27-22(32)7-4-8-24(27)41-30)23(35(2)42(3,38)39)15-25(21)40-28(26)17-9-11-19(31)12-10-17/h4,7-12,14-15,18H,5-6,13,16H2,1-3H3,(H,33,37). The van der Waals surface area contributed by atoms with Gasteiger partial charge in [0.25, 0.3) is 11.9 Å². The van der Waals surface area contributed by atoms with Gasteiger partial charge >= 0.3 is 0 Å². The minimum atomic E-state index is -3.67.